The number of nitrogens with one attached hydrogen (secondary N) is 1. The number of rotatable bonds is 4. The minimum Gasteiger partial charge on any atom is -0.354 e. The SMILES string of the molecule is [B]c1ccc(Nc2cc(=O)n(C)c3c2c(=O)n(C2CC2)c(=O)n3-c2ccccc2)c(C)c1. The zero-order valence-corrected chi connectivity index (χ0v) is 17.8. The summed E-state index contributed by atoms with van der Waals surface area (Å²) in [5.41, 5.74) is 2.26. The van der Waals surface area contributed by atoms with Gasteiger partial charge in [0.15, 0.2) is 0 Å². The molecule has 5 rings (SSSR count). The van der Waals surface area contributed by atoms with Gasteiger partial charge in [-0.1, -0.05) is 35.8 Å². The molecular formula is C24H21BN4O3. The molecule has 0 saturated heterocycles. The van der Waals surface area contributed by atoms with Crippen LogP contribution in [0.25, 0.3) is 16.7 Å². The van der Waals surface area contributed by atoms with E-state index in [1.807, 2.05) is 31.2 Å². The molecule has 2 heterocycles. The van der Waals surface area contributed by atoms with Crippen molar-refractivity contribution in [1.29, 1.82) is 0 Å². The van der Waals surface area contributed by atoms with E-state index in [2.05, 4.69) is 5.32 Å². The summed E-state index contributed by atoms with van der Waals surface area (Å²) in [6.45, 7) is 1.89. The van der Waals surface area contributed by atoms with Crippen molar-refractivity contribution in [3.05, 3.63) is 91.4 Å². The molecule has 0 atom stereocenters. The van der Waals surface area contributed by atoms with Gasteiger partial charge in [0.05, 0.1) is 11.4 Å². The fourth-order valence-electron chi connectivity index (χ4n) is 4.10. The van der Waals surface area contributed by atoms with E-state index >= 15 is 0 Å². The summed E-state index contributed by atoms with van der Waals surface area (Å²) in [6, 6.07) is 15.7. The normalized spacial score (nSPS) is 13.4. The topological polar surface area (TPSA) is 78.0 Å². The number of nitrogens with zero attached hydrogens (tertiary/aromatic N) is 3. The smallest absolute Gasteiger partial charge is 0.337 e. The van der Waals surface area contributed by atoms with Crippen molar-refractivity contribution in [3.8, 4) is 5.69 Å². The van der Waals surface area contributed by atoms with E-state index in [9.17, 15) is 14.4 Å². The lowest BCUT2D eigenvalue weighted by molar-refractivity contribution is 0.637. The maximum atomic E-state index is 13.6. The fourth-order valence-corrected chi connectivity index (χ4v) is 4.10. The van der Waals surface area contributed by atoms with Gasteiger partial charge in [-0.15, -0.1) is 0 Å². The maximum absolute atomic E-state index is 13.6. The van der Waals surface area contributed by atoms with Crippen LogP contribution in [-0.2, 0) is 7.05 Å². The molecule has 8 heteroatoms. The fraction of sp³-hybridized carbons (Fsp3) is 0.208. The van der Waals surface area contributed by atoms with Gasteiger partial charge >= 0.3 is 5.69 Å². The molecule has 0 aliphatic heterocycles. The van der Waals surface area contributed by atoms with Gasteiger partial charge in [0.1, 0.15) is 18.9 Å². The van der Waals surface area contributed by atoms with Gasteiger partial charge in [-0.3, -0.25) is 18.7 Å². The Kier molecular flexibility index (Phi) is 4.66. The van der Waals surface area contributed by atoms with Gasteiger partial charge in [0.25, 0.3) is 11.1 Å². The molecular weight excluding hydrogens is 403 g/mol. The van der Waals surface area contributed by atoms with Crippen molar-refractivity contribution in [1.82, 2.24) is 13.7 Å². The molecule has 1 fully saturated rings. The van der Waals surface area contributed by atoms with E-state index < -0.39 is 11.2 Å². The molecule has 0 spiro atoms. The van der Waals surface area contributed by atoms with Crippen molar-refractivity contribution < 1.29 is 0 Å². The highest BCUT2D eigenvalue weighted by molar-refractivity contribution is 6.32. The highest BCUT2D eigenvalue weighted by Crippen LogP contribution is 2.33. The summed E-state index contributed by atoms with van der Waals surface area (Å²) in [4.78, 5) is 40.0. The monoisotopic (exact) mass is 424 g/mol. The van der Waals surface area contributed by atoms with E-state index in [1.165, 1.54) is 19.8 Å². The first kappa shape index (κ1) is 20.1. The molecule has 0 unspecified atom stereocenters. The molecule has 32 heavy (non-hydrogen) atoms. The minimum atomic E-state index is -0.438. The molecule has 0 amide bonds. The molecule has 1 saturated carbocycles. The number of benzene rings is 2. The molecule has 1 aliphatic rings. The predicted molar refractivity (Wildman–Crippen MR) is 127 cm³/mol. The molecule has 1 N–H and O–H groups in total. The van der Waals surface area contributed by atoms with Crippen LogP contribution in [0.1, 0.15) is 24.4 Å². The highest BCUT2D eigenvalue weighted by Gasteiger charge is 2.30. The van der Waals surface area contributed by atoms with E-state index in [4.69, 9.17) is 7.85 Å². The third kappa shape index (κ3) is 3.19. The van der Waals surface area contributed by atoms with Gasteiger partial charge in [0.2, 0.25) is 0 Å². The van der Waals surface area contributed by atoms with Gasteiger partial charge in [-0.25, -0.2) is 9.36 Å². The molecule has 2 aromatic heterocycles. The third-order valence-electron chi connectivity index (χ3n) is 5.90. The third-order valence-corrected chi connectivity index (χ3v) is 5.90. The van der Waals surface area contributed by atoms with Crippen molar-refractivity contribution in [3.63, 3.8) is 0 Å². The molecule has 158 valence electrons. The van der Waals surface area contributed by atoms with Crippen LogP contribution < -0.4 is 27.6 Å². The summed E-state index contributed by atoms with van der Waals surface area (Å²) in [7, 11) is 7.44. The molecule has 1 aliphatic carbocycles. The van der Waals surface area contributed by atoms with Gasteiger partial charge in [-0.2, -0.15) is 0 Å². The van der Waals surface area contributed by atoms with Crippen molar-refractivity contribution in [2.45, 2.75) is 25.8 Å². The zero-order chi connectivity index (χ0) is 22.6. The van der Waals surface area contributed by atoms with Crippen molar-refractivity contribution in [2.75, 3.05) is 5.32 Å². The Bertz CT molecular complexity index is 1550. The van der Waals surface area contributed by atoms with Crippen molar-refractivity contribution in [2.24, 2.45) is 7.05 Å². The quantitative estimate of drug-likeness (QED) is 0.509. The first-order chi connectivity index (χ1) is 15.4. The zero-order valence-electron chi connectivity index (χ0n) is 17.8. The highest BCUT2D eigenvalue weighted by atomic mass is 16.2. The molecule has 4 aromatic rings. The van der Waals surface area contributed by atoms with Crippen LogP contribution in [0, 0.1) is 6.92 Å². The average Bonchev–Trinajstić information content (AvgIpc) is 3.59. The number of hydrogen-bond acceptors (Lipinski definition) is 4. The van der Waals surface area contributed by atoms with Gasteiger partial charge < -0.3 is 5.32 Å². The summed E-state index contributed by atoms with van der Waals surface area (Å²) in [5.74, 6) is 0. The number of para-hydroxylation sites is 1. The van der Waals surface area contributed by atoms with Gasteiger partial charge in [-0.05, 0) is 43.5 Å². The Balaban J connectivity index is 1.90. The van der Waals surface area contributed by atoms with Crippen LogP contribution in [-0.4, -0.2) is 21.5 Å². The second kappa shape index (κ2) is 7.41. The number of hydrogen-bond donors (Lipinski definition) is 1. The first-order valence-corrected chi connectivity index (χ1v) is 10.5. The number of aromatic nitrogens is 3. The van der Waals surface area contributed by atoms with Crippen molar-refractivity contribution >= 4 is 35.7 Å². The van der Waals surface area contributed by atoms with E-state index in [-0.39, 0.29) is 17.2 Å². The van der Waals surface area contributed by atoms with Crippen LogP contribution in [0.4, 0.5) is 11.4 Å². The Hall–Kier alpha value is -3.81. The molecule has 7 nitrogen and oxygen atoms in total. The maximum Gasteiger partial charge on any atom is 0.337 e. The second-order valence-electron chi connectivity index (χ2n) is 8.21. The lowest BCUT2D eigenvalue weighted by atomic mass is 9.94. The number of anilines is 2. The molecule has 0 bridgehead atoms. The van der Waals surface area contributed by atoms with Crippen LogP contribution >= 0.6 is 0 Å². The minimum absolute atomic E-state index is 0.127. The lowest BCUT2D eigenvalue weighted by Crippen LogP contribution is -2.41. The summed E-state index contributed by atoms with van der Waals surface area (Å²) in [5, 5.41) is 3.53. The van der Waals surface area contributed by atoms with E-state index in [0.717, 1.165) is 24.1 Å². The summed E-state index contributed by atoms with van der Waals surface area (Å²) >= 11 is 0. The predicted octanol–water partition coefficient (Wildman–Crippen LogP) is 2.03. The largest absolute Gasteiger partial charge is 0.354 e. The Morgan fingerprint density at radius 2 is 1.69 bits per heavy atom. The van der Waals surface area contributed by atoms with E-state index in [0.29, 0.717) is 22.2 Å². The number of fused-ring (bicyclic) bond motifs is 1. The van der Waals surface area contributed by atoms with Gasteiger partial charge in [0, 0.05) is 24.8 Å². The Morgan fingerprint density at radius 3 is 2.34 bits per heavy atom. The average molecular weight is 424 g/mol. The van der Waals surface area contributed by atoms with Crippen LogP contribution in [0.3, 0.4) is 0 Å². The van der Waals surface area contributed by atoms with Crippen LogP contribution in [0.5, 0.6) is 0 Å². The standard InChI is InChI=1S/C24H21BN4O3/c1-14-12-15(25)8-11-18(14)26-19-13-20(30)27(2)22-21(19)23(31)29(17-9-10-17)24(32)28(22)16-6-4-3-5-7-16/h3-8,11-13,17,26H,9-10H2,1-2H3. The summed E-state index contributed by atoms with van der Waals surface area (Å²) < 4.78 is 4.13. The van der Waals surface area contributed by atoms with E-state index in [1.54, 1.807) is 31.3 Å². The Morgan fingerprint density at radius 1 is 0.969 bits per heavy atom. The second-order valence-corrected chi connectivity index (χ2v) is 8.21. The summed E-state index contributed by atoms with van der Waals surface area (Å²) in [6.07, 6.45) is 1.56. The molecule has 2 radical (unpaired) electrons. The van der Waals surface area contributed by atoms with Crippen LogP contribution in [0.2, 0.25) is 0 Å². The first-order valence-electron chi connectivity index (χ1n) is 10.5. The number of pyridine rings is 1. The lowest BCUT2D eigenvalue weighted by Gasteiger charge is -2.19. The Labute approximate surface area is 185 Å². The van der Waals surface area contributed by atoms with Crippen LogP contribution in [0.15, 0.2) is 69.0 Å². The number of aryl methyl sites for hydroxylation is 2. The molecule has 2 aromatic carbocycles.